The lowest BCUT2D eigenvalue weighted by Crippen LogP contribution is -2.35. The second-order valence-electron chi connectivity index (χ2n) is 7.65. The molecule has 1 heterocycles. The van der Waals surface area contributed by atoms with E-state index in [0.717, 1.165) is 17.5 Å². The molecule has 166 valence electrons. The molecule has 3 N–H and O–H groups in total. The van der Waals surface area contributed by atoms with Gasteiger partial charge in [0, 0.05) is 6.54 Å². The smallest absolute Gasteiger partial charge is 0.354 e. The van der Waals surface area contributed by atoms with Crippen LogP contribution in [0.15, 0.2) is 67.0 Å². The Kier molecular flexibility index (Phi) is 7.69. The zero-order valence-corrected chi connectivity index (χ0v) is 18.0. The monoisotopic (exact) mass is 434 g/mol. The molecule has 0 radical (unpaired) electrons. The van der Waals surface area contributed by atoms with E-state index in [-0.39, 0.29) is 23.2 Å². The lowest BCUT2D eigenvalue weighted by Gasteiger charge is -2.18. The van der Waals surface area contributed by atoms with Crippen LogP contribution in [-0.4, -0.2) is 27.3 Å². The largest absolute Gasteiger partial charge is 0.364 e. The van der Waals surface area contributed by atoms with Crippen molar-refractivity contribution in [3.05, 3.63) is 88.2 Å². The molecule has 0 atom stereocenters. The van der Waals surface area contributed by atoms with Crippen LogP contribution in [0.5, 0.6) is 0 Å². The molecule has 0 fully saturated rings. The van der Waals surface area contributed by atoms with Crippen molar-refractivity contribution in [1.29, 1.82) is 0 Å². The van der Waals surface area contributed by atoms with Crippen LogP contribution in [0.4, 0.5) is 17.3 Å². The molecule has 0 spiro atoms. The third-order valence-electron chi connectivity index (χ3n) is 4.85. The first-order chi connectivity index (χ1) is 15.5. The maximum atomic E-state index is 13.1. The number of benzene rings is 2. The van der Waals surface area contributed by atoms with Crippen LogP contribution in [0, 0.1) is 16.0 Å². The highest BCUT2D eigenvalue weighted by atomic mass is 16.6. The second kappa shape index (κ2) is 10.9. The van der Waals surface area contributed by atoms with E-state index >= 15 is 0 Å². The fraction of sp³-hybridized carbons (Fsp3) is 0.261. The van der Waals surface area contributed by atoms with Gasteiger partial charge >= 0.3 is 5.69 Å². The van der Waals surface area contributed by atoms with Crippen LogP contribution in [0.3, 0.4) is 0 Å². The zero-order chi connectivity index (χ0) is 22.9. The number of anilines is 2. The molecule has 32 heavy (non-hydrogen) atoms. The molecule has 3 aromatic rings. The van der Waals surface area contributed by atoms with E-state index in [1.807, 2.05) is 60.7 Å². The van der Waals surface area contributed by atoms with Gasteiger partial charge in [-0.2, -0.15) is 0 Å². The van der Waals surface area contributed by atoms with Gasteiger partial charge in [-0.05, 0) is 23.5 Å². The maximum Gasteiger partial charge on any atom is 0.354 e. The summed E-state index contributed by atoms with van der Waals surface area (Å²) >= 11 is 0. The molecule has 0 aliphatic heterocycles. The van der Waals surface area contributed by atoms with Gasteiger partial charge in [-0.1, -0.05) is 74.5 Å². The van der Waals surface area contributed by atoms with Crippen LogP contribution in [0.25, 0.3) is 0 Å². The molecule has 0 saturated heterocycles. The molecule has 2 aromatic carbocycles. The third-order valence-corrected chi connectivity index (χ3v) is 4.85. The van der Waals surface area contributed by atoms with Crippen molar-refractivity contribution < 1.29 is 9.72 Å². The van der Waals surface area contributed by atoms with Gasteiger partial charge in [0.2, 0.25) is 17.5 Å². The molecule has 1 aromatic heterocycles. The number of aromatic nitrogens is 2. The number of carbonyl (C=O) groups is 1. The van der Waals surface area contributed by atoms with Gasteiger partial charge in [-0.3, -0.25) is 25.8 Å². The van der Waals surface area contributed by atoms with Gasteiger partial charge in [0.1, 0.15) is 6.33 Å². The van der Waals surface area contributed by atoms with Crippen LogP contribution in [-0.2, 0) is 4.79 Å². The van der Waals surface area contributed by atoms with E-state index in [0.29, 0.717) is 12.5 Å². The molecule has 0 unspecified atom stereocenters. The average Bonchev–Trinajstić information content (AvgIpc) is 2.79. The summed E-state index contributed by atoms with van der Waals surface area (Å²) in [6.45, 7) is 4.66. The predicted molar refractivity (Wildman–Crippen MR) is 123 cm³/mol. The van der Waals surface area contributed by atoms with E-state index < -0.39 is 10.8 Å². The van der Waals surface area contributed by atoms with Gasteiger partial charge in [-0.25, -0.2) is 9.97 Å². The Morgan fingerprint density at radius 1 is 0.969 bits per heavy atom. The van der Waals surface area contributed by atoms with Crippen molar-refractivity contribution in [3.63, 3.8) is 0 Å². The predicted octanol–water partition coefficient (Wildman–Crippen LogP) is 4.12. The molecule has 9 nitrogen and oxygen atoms in total. The van der Waals surface area contributed by atoms with E-state index in [1.54, 1.807) is 0 Å². The second-order valence-corrected chi connectivity index (χ2v) is 7.65. The zero-order valence-electron chi connectivity index (χ0n) is 18.0. The van der Waals surface area contributed by atoms with Crippen molar-refractivity contribution in [1.82, 2.24) is 15.4 Å². The number of carbonyl (C=O) groups excluding carboxylic acids is 1. The summed E-state index contributed by atoms with van der Waals surface area (Å²) < 4.78 is 0. The Bertz CT molecular complexity index is 1000. The van der Waals surface area contributed by atoms with Crippen LogP contribution in [0.2, 0.25) is 0 Å². The molecule has 9 heteroatoms. The number of nitrogens with one attached hydrogen (secondary N) is 3. The number of rotatable bonds is 10. The Hall–Kier alpha value is -4.01. The normalized spacial score (nSPS) is 10.8. The summed E-state index contributed by atoms with van der Waals surface area (Å²) in [5, 5.41) is 14.7. The van der Waals surface area contributed by atoms with Gasteiger partial charge in [0.25, 0.3) is 0 Å². The van der Waals surface area contributed by atoms with Crippen LogP contribution in [0.1, 0.15) is 37.3 Å². The first-order valence-electron chi connectivity index (χ1n) is 10.4. The van der Waals surface area contributed by atoms with E-state index in [1.165, 1.54) is 6.33 Å². The minimum Gasteiger partial charge on any atom is -0.364 e. The Morgan fingerprint density at radius 3 is 2.06 bits per heavy atom. The summed E-state index contributed by atoms with van der Waals surface area (Å²) in [6.07, 6.45) is 2.04. The molecule has 0 saturated carbocycles. The lowest BCUT2D eigenvalue weighted by molar-refractivity contribution is -0.383. The fourth-order valence-corrected chi connectivity index (χ4v) is 3.23. The van der Waals surface area contributed by atoms with Gasteiger partial charge in [-0.15, -0.1) is 0 Å². The quantitative estimate of drug-likeness (QED) is 0.324. The van der Waals surface area contributed by atoms with Crippen molar-refractivity contribution in [2.75, 3.05) is 17.3 Å². The average molecular weight is 435 g/mol. The number of hydrogen-bond acceptors (Lipinski definition) is 7. The number of hydrazine groups is 1. The minimum absolute atomic E-state index is 0.0923. The summed E-state index contributed by atoms with van der Waals surface area (Å²) in [5.74, 6) is -0.525. The highest BCUT2D eigenvalue weighted by Crippen LogP contribution is 2.29. The molecule has 1 amide bonds. The minimum atomic E-state index is -0.602. The van der Waals surface area contributed by atoms with Gasteiger partial charge in [0.15, 0.2) is 0 Å². The third kappa shape index (κ3) is 5.78. The summed E-state index contributed by atoms with van der Waals surface area (Å²) in [4.78, 5) is 32.2. The summed E-state index contributed by atoms with van der Waals surface area (Å²) in [6, 6.07) is 18.6. The van der Waals surface area contributed by atoms with Gasteiger partial charge in [0.05, 0.1) is 10.8 Å². The Morgan fingerprint density at radius 2 is 1.53 bits per heavy atom. The van der Waals surface area contributed by atoms with Gasteiger partial charge < -0.3 is 5.32 Å². The molecular formula is C23H26N6O3. The highest BCUT2D eigenvalue weighted by Gasteiger charge is 2.26. The molecule has 0 bridgehead atoms. The fourth-order valence-electron chi connectivity index (χ4n) is 3.23. The van der Waals surface area contributed by atoms with Crippen molar-refractivity contribution in [3.8, 4) is 0 Å². The van der Waals surface area contributed by atoms with E-state index in [2.05, 4.69) is 40.0 Å². The first-order valence-corrected chi connectivity index (χ1v) is 10.4. The lowest BCUT2D eigenvalue weighted by atomic mass is 9.91. The van der Waals surface area contributed by atoms with Crippen molar-refractivity contribution >= 4 is 23.2 Å². The molecular weight excluding hydrogens is 408 g/mol. The van der Waals surface area contributed by atoms with E-state index in [4.69, 9.17) is 0 Å². The van der Waals surface area contributed by atoms with Crippen molar-refractivity contribution in [2.45, 2.75) is 26.2 Å². The van der Waals surface area contributed by atoms with E-state index in [9.17, 15) is 14.9 Å². The van der Waals surface area contributed by atoms with Crippen molar-refractivity contribution in [2.24, 2.45) is 5.92 Å². The number of hydrogen-bond donors (Lipinski definition) is 3. The number of amides is 1. The molecule has 0 aliphatic rings. The topological polar surface area (TPSA) is 122 Å². The molecule has 3 rings (SSSR count). The first kappa shape index (κ1) is 22.7. The SMILES string of the molecule is CC(C)CCNc1ncnc(NNC(=O)C(c2ccccc2)c2ccccc2)c1[N+](=O)[O-]. The maximum absolute atomic E-state index is 13.1. The number of nitro groups is 1. The Labute approximate surface area is 186 Å². The Balaban J connectivity index is 1.81. The number of nitrogens with zero attached hydrogens (tertiary/aromatic N) is 3. The standard InChI is InChI=1S/C23H26N6O3/c1-16(2)13-14-24-21-20(29(31)32)22(26-15-25-21)27-28-23(30)19(17-9-5-3-6-10-17)18-11-7-4-8-12-18/h3-12,15-16,19H,13-14H2,1-2H3,(H,28,30)(H2,24,25,26,27). The highest BCUT2D eigenvalue weighted by molar-refractivity contribution is 5.88. The van der Waals surface area contributed by atoms with Crippen LogP contribution < -0.4 is 16.2 Å². The summed E-state index contributed by atoms with van der Waals surface area (Å²) in [7, 11) is 0. The molecule has 0 aliphatic carbocycles. The summed E-state index contributed by atoms with van der Waals surface area (Å²) in [5.41, 5.74) is 6.47. The van der Waals surface area contributed by atoms with Crippen LogP contribution >= 0.6 is 0 Å².